The lowest BCUT2D eigenvalue weighted by Gasteiger charge is -2.28. The van der Waals surface area contributed by atoms with Crippen LogP contribution < -0.4 is 0 Å². The van der Waals surface area contributed by atoms with Crippen LogP contribution in [0.1, 0.15) is 41.6 Å². The Morgan fingerprint density at radius 3 is 2.31 bits per heavy atom. The van der Waals surface area contributed by atoms with Gasteiger partial charge in [-0.2, -0.15) is 13.2 Å². The van der Waals surface area contributed by atoms with E-state index in [9.17, 15) is 18.0 Å². The molecule has 2 heterocycles. The Labute approximate surface area is 169 Å². The summed E-state index contributed by atoms with van der Waals surface area (Å²) < 4.78 is 39.9. The predicted octanol–water partition coefficient (Wildman–Crippen LogP) is 5.07. The zero-order valence-corrected chi connectivity index (χ0v) is 16.3. The number of rotatable bonds is 4. The Morgan fingerprint density at radius 1 is 0.931 bits per heavy atom. The second-order valence-electron chi connectivity index (χ2n) is 7.92. The van der Waals surface area contributed by atoms with E-state index in [4.69, 9.17) is 0 Å². The summed E-state index contributed by atoms with van der Waals surface area (Å²) >= 11 is 0. The molecule has 0 aliphatic carbocycles. The molecule has 3 nitrogen and oxygen atoms in total. The predicted molar refractivity (Wildman–Crippen MR) is 107 cm³/mol. The first-order valence-corrected chi connectivity index (χ1v) is 10.2. The van der Waals surface area contributed by atoms with E-state index in [1.165, 1.54) is 25.0 Å². The number of likely N-dealkylation sites (tertiary alicyclic amines) is 2. The van der Waals surface area contributed by atoms with Gasteiger partial charge >= 0.3 is 6.18 Å². The first-order valence-electron chi connectivity index (χ1n) is 10.2. The topological polar surface area (TPSA) is 23.6 Å². The normalized spacial score (nSPS) is 20.4. The van der Waals surface area contributed by atoms with Crippen molar-refractivity contribution in [2.24, 2.45) is 0 Å². The van der Waals surface area contributed by atoms with E-state index >= 15 is 0 Å². The van der Waals surface area contributed by atoms with Crippen LogP contribution in [0.2, 0.25) is 0 Å². The molecule has 1 atom stereocenters. The molecule has 0 N–H and O–H groups in total. The second-order valence-corrected chi connectivity index (χ2v) is 7.92. The molecule has 2 aromatic carbocycles. The quantitative estimate of drug-likeness (QED) is 0.713. The number of alkyl halides is 3. The average molecular weight is 402 g/mol. The third-order valence-electron chi connectivity index (χ3n) is 5.98. The van der Waals surface area contributed by atoms with Crippen LogP contribution >= 0.6 is 0 Å². The van der Waals surface area contributed by atoms with Gasteiger partial charge in [0.15, 0.2) is 0 Å². The SMILES string of the molecule is O=C(c1ccc(-c2ccccc2C(F)(F)F)cc1)N1CCC[C@H]1CN1CCCC1. The summed E-state index contributed by atoms with van der Waals surface area (Å²) in [6.07, 6.45) is 0.0487. The Morgan fingerprint density at radius 2 is 1.62 bits per heavy atom. The maximum Gasteiger partial charge on any atom is 0.417 e. The van der Waals surface area contributed by atoms with Gasteiger partial charge in [-0.25, -0.2) is 0 Å². The number of amides is 1. The smallest absolute Gasteiger partial charge is 0.334 e. The number of carbonyl (C=O) groups excluding carboxylic acids is 1. The monoisotopic (exact) mass is 402 g/mol. The Hall–Kier alpha value is -2.34. The third-order valence-corrected chi connectivity index (χ3v) is 5.98. The van der Waals surface area contributed by atoms with Crippen molar-refractivity contribution in [3.63, 3.8) is 0 Å². The van der Waals surface area contributed by atoms with Gasteiger partial charge in [0, 0.05) is 24.7 Å². The summed E-state index contributed by atoms with van der Waals surface area (Å²) in [6, 6.07) is 12.3. The number of benzene rings is 2. The lowest BCUT2D eigenvalue weighted by molar-refractivity contribution is -0.137. The number of nitrogens with zero attached hydrogens (tertiary/aromatic N) is 2. The maximum absolute atomic E-state index is 13.3. The number of carbonyl (C=O) groups is 1. The van der Waals surface area contributed by atoms with Gasteiger partial charge in [0.25, 0.3) is 5.91 Å². The largest absolute Gasteiger partial charge is 0.417 e. The zero-order chi connectivity index (χ0) is 20.4. The van der Waals surface area contributed by atoms with Crippen molar-refractivity contribution in [3.8, 4) is 11.1 Å². The molecule has 1 amide bonds. The zero-order valence-electron chi connectivity index (χ0n) is 16.3. The van der Waals surface area contributed by atoms with Crippen LogP contribution in [0.25, 0.3) is 11.1 Å². The van der Waals surface area contributed by atoms with Gasteiger partial charge in [-0.3, -0.25) is 4.79 Å². The molecule has 2 fully saturated rings. The highest BCUT2D eigenvalue weighted by atomic mass is 19.4. The summed E-state index contributed by atoms with van der Waals surface area (Å²) in [5.74, 6) is -0.0256. The third kappa shape index (κ3) is 4.32. The summed E-state index contributed by atoms with van der Waals surface area (Å²) in [6.45, 7) is 3.87. The Bertz CT molecular complexity index is 857. The molecule has 0 unspecified atom stereocenters. The van der Waals surface area contributed by atoms with Crippen LogP contribution in [0, 0.1) is 0 Å². The van der Waals surface area contributed by atoms with Crippen molar-refractivity contribution in [2.75, 3.05) is 26.2 Å². The molecular weight excluding hydrogens is 377 g/mol. The molecular formula is C23H25F3N2O. The van der Waals surface area contributed by atoms with Gasteiger partial charge in [-0.1, -0.05) is 30.3 Å². The molecule has 2 aromatic rings. The summed E-state index contributed by atoms with van der Waals surface area (Å²) in [4.78, 5) is 17.4. The van der Waals surface area contributed by atoms with Gasteiger partial charge in [-0.15, -0.1) is 0 Å². The molecule has 0 spiro atoms. The molecule has 2 aliphatic rings. The van der Waals surface area contributed by atoms with Gasteiger partial charge in [0.1, 0.15) is 0 Å². The average Bonchev–Trinajstić information content (AvgIpc) is 3.39. The van der Waals surface area contributed by atoms with Gasteiger partial charge in [0.05, 0.1) is 5.56 Å². The van der Waals surface area contributed by atoms with E-state index in [0.717, 1.165) is 45.1 Å². The van der Waals surface area contributed by atoms with Crippen LogP contribution in [0.15, 0.2) is 48.5 Å². The minimum atomic E-state index is -4.41. The van der Waals surface area contributed by atoms with Crippen molar-refractivity contribution in [1.29, 1.82) is 0 Å². The lowest BCUT2D eigenvalue weighted by atomic mass is 9.98. The molecule has 4 rings (SSSR count). The van der Waals surface area contributed by atoms with Crippen LogP contribution in [-0.4, -0.2) is 47.9 Å². The summed E-state index contributed by atoms with van der Waals surface area (Å²) in [5.41, 5.74) is 0.465. The highest BCUT2D eigenvalue weighted by Crippen LogP contribution is 2.37. The van der Waals surface area contributed by atoms with Crippen molar-refractivity contribution < 1.29 is 18.0 Å². The highest BCUT2D eigenvalue weighted by Gasteiger charge is 2.34. The van der Waals surface area contributed by atoms with E-state index in [2.05, 4.69) is 4.90 Å². The number of halogens is 3. The fourth-order valence-corrected chi connectivity index (χ4v) is 4.50. The van der Waals surface area contributed by atoms with Gasteiger partial charge in [-0.05, 0) is 68.1 Å². The van der Waals surface area contributed by atoms with Gasteiger partial charge < -0.3 is 9.80 Å². The van der Waals surface area contributed by atoms with E-state index in [-0.39, 0.29) is 17.5 Å². The van der Waals surface area contributed by atoms with Gasteiger partial charge in [0.2, 0.25) is 0 Å². The maximum atomic E-state index is 13.3. The fourth-order valence-electron chi connectivity index (χ4n) is 4.50. The number of hydrogen-bond donors (Lipinski definition) is 0. The van der Waals surface area contributed by atoms with E-state index < -0.39 is 11.7 Å². The van der Waals surface area contributed by atoms with Crippen LogP contribution in [0.3, 0.4) is 0 Å². The summed E-state index contributed by atoms with van der Waals surface area (Å²) in [5, 5.41) is 0. The van der Waals surface area contributed by atoms with Crippen molar-refractivity contribution >= 4 is 5.91 Å². The second kappa shape index (κ2) is 8.19. The van der Waals surface area contributed by atoms with Crippen LogP contribution in [-0.2, 0) is 6.18 Å². The highest BCUT2D eigenvalue weighted by molar-refractivity contribution is 5.95. The summed E-state index contributed by atoms with van der Waals surface area (Å²) in [7, 11) is 0. The molecule has 2 saturated heterocycles. The molecule has 0 radical (unpaired) electrons. The minimum Gasteiger partial charge on any atom is -0.334 e. The molecule has 2 aliphatic heterocycles. The first-order chi connectivity index (χ1) is 13.9. The fraction of sp³-hybridized carbons (Fsp3) is 0.435. The molecule has 154 valence electrons. The van der Waals surface area contributed by atoms with Crippen molar-refractivity contribution in [3.05, 3.63) is 59.7 Å². The van der Waals surface area contributed by atoms with Crippen molar-refractivity contribution in [2.45, 2.75) is 37.9 Å². The molecule has 0 aromatic heterocycles. The first kappa shape index (κ1) is 20.0. The van der Waals surface area contributed by atoms with E-state index in [0.29, 0.717) is 11.1 Å². The van der Waals surface area contributed by atoms with Crippen molar-refractivity contribution in [1.82, 2.24) is 9.80 Å². The Balaban J connectivity index is 1.51. The standard InChI is InChI=1S/C23H25F3N2O/c24-23(25,26)21-8-2-1-7-20(21)17-9-11-18(12-10-17)22(29)28-15-5-6-19(28)16-27-13-3-4-14-27/h1-2,7-12,19H,3-6,13-16H2/t19-/m0/s1. The Kier molecular flexibility index (Phi) is 5.63. The molecule has 29 heavy (non-hydrogen) atoms. The number of hydrogen-bond acceptors (Lipinski definition) is 2. The van der Waals surface area contributed by atoms with E-state index in [1.807, 2.05) is 4.90 Å². The molecule has 0 bridgehead atoms. The van der Waals surface area contributed by atoms with Crippen LogP contribution in [0.5, 0.6) is 0 Å². The lowest BCUT2D eigenvalue weighted by Crippen LogP contribution is -2.42. The molecule has 0 saturated carbocycles. The minimum absolute atomic E-state index is 0.0256. The van der Waals surface area contributed by atoms with Crippen LogP contribution in [0.4, 0.5) is 13.2 Å². The van der Waals surface area contributed by atoms with E-state index in [1.54, 1.807) is 30.3 Å². The molecule has 6 heteroatoms.